The minimum absolute atomic E-state index is 0.143. The van der Waals surface area contributed by atoms with Crippen molar-refractivity contribution in [3.05, 3.63) is 0 Å². The van der Waals surface area contributed by atoms with Crippen molar-refractivity contribution < 1.29 is 4.74 Å². The Hall–Kier alpha value is -0.570. The van der Waals surface area contributed by atoms with Crippen LogP contribution < -0.4 is 5.73 Å². The second-order valence-corrected chi connectivity index (χ2v) is 3.13. The summed E-state index contributed by atoms with van der Waals surface area (Å²) in [5, 5.41) is 7.17. The lowest BCUT2D eigenvalue weighted by Crippen LogP contribution is -2.30. The quantitative estimate of drug-likeness (QED) is 0.463. The minimum atomic E-state index is -0.143. The first-order chi connectivity index (χ1) is 5.24. The van der Waals surface area contributed by atoms with E-state index in [1.165, 1.54) is 12.8 Å². The molecule has 1 aliphatic carbocycles. The van der Waals surface area contributed by atoms with Crippen LogP contribution >= 0.6 is 0 Å². The zero-order valence-electron chi connectivity index (χ0n) is 6.97. The zero-order valence-corrected chi connectivity index (χ0v) is 6.97. The first-order valence-corrected chi connectivity index (χ1v) is 4.19. The number of hydrogen-bond donors (Lipinski definition) is 2. The van der Waals surface area contributed by atoms with Crippen LogP contribution in [0.2, 0.25) is 0 Å². The van der Waals surface area contributed by atoms with Gasteiger partial charge in [0, 0.05) is 0 Å². The molecule has 3 heteroatoms. The summed E-state index contributed by atoms with van der Waals surface area (Å²) in [5.41, 5.74) is 5.31. The van der Waals surface area contributed by atoms with E-state index >= 15 is 0 Å². The summed E-state index contributed by atoms with van der Waals surface area (Å²) in [7, 11) is 0. The van der Waals surface area contributed by atoms with Gasteiger partial charge in [0.1, 0.15) is 11.9 Å². The Morgan fingerprint density at radius 1 is 1.73 bits per heavy atom. The first-order valence-electron chi connectivity index (χ1n) is 4.19. The van der Waals surface area contributed by atoms with Crippen molar-refractivity contribution in [2.45, 2.75) is 32.3 Å². The summed E-state index contributed by atoms with van der Waals surface area (Å²) in [5.74, 6) is 0.913. The highest BCUT2D eigenvalue weighted by molar-refractivity contribution is 5.81. The van der Waals surface area contributed by atoms with E-state index in [4.69, 9.17) is 15.9 Å². The summed E-state index contributed by atoms with van der Waals surface area (Å²) < 4.78 is 5.43. The van der Waals surface area contributed by atoms with Crippen molar-refractivity contribution in [1.29, 1.82) is 5.41 Å². The van der Waals surface area contributed by atoms with Gasteiger partial charge < -0.3 is 10.5 Å². The highest BCUT2D eigenvalue weighted by Gasteiger charge is 2.23. The molecule has 0 aromatic heterocycles. The van der Waals surface area contributed by atoms with Gasteiger partial charge in [0.05, 0.1) is 6.61 Å². The van der Waals surface area contributed by atoms with E-state index < -0.39 is 0 Å². The predicted molar refractivity (Wildman–Crippen MR) is 44.7 cm³/mol. The molecule has 11 heavy (non-hydrogen) atoms. The SMILES string of the molecule is CCC(OCC1CC1)C(=N)N. The standard InChI is InChI=1S/C8H16N2O/c1-2-7(8(9)10)11-5-6-3-4-6/h6-7H,2-5H2,1H3,(H3,9,10). The highest BCUT2D eigenvalue weighted by Crippen LogP contribution is 2.29. The van der Waals surface area contributed by atoms with Crippen LogP contribution in [0, 0.1) is 11.3 Å². The van der Waals surface area contributed by atoms with Crippen LogP contribution in [0.5, 0.6) is 0 Å². The van der Waals surface area contributed by atoms with E-state index in [9.17, 15) is 0 Å². The Morgan fingerprint density at radius 2 is 2.36 bits per heavy atom. The summed E-state index contributed by atoms with van der Waals surface area (Å²) in [4.78, 5) is 0. The Morgan fingerprint density at radius 3 is 2.73 bits per heavy atom. The van der Waals surface area contributed by atoms with Crippen LogP contribution in [0.25, 0.3) is 0 Å². The molecule has 0 heterocycles. The van der Waals surface area contributed by atoms with Crippen molar-refractivity contribution in [2.24, 2.45) is 11.7 Å². The van der Waals surface area contributed by atoms with E-state index in [0.29, 0.717) is 0 Å². The van der Waals surface area contributed by atoms with Gasteiger partial charge in [-0.25, -0.2) is 0 Å². The number of ether oxygens (including phenoxy) is 1. The number of hydrogen-bond acceptors (Lipinski definition) is 2. The molecule has 0 amide bonds. The van der Waals surface area contributed by atoms with E-state index in [1.807, 2.05) is 6.92 Å². The summed E-state index contributed by atoms with van der Waals surface area (Å²) in [6, 6.07) is 0. The molecule has 1 unspecified atom stereocenters. The lowest BCUT2D eigenvalue weighted by Gasteiger charge is -2.13. The van der Waals surface area contributed by atoms with Gasteiger partial charge in [0.2, 0.25) is 0 Å². The maximum Gasteiger partial charge on any atom is 0.120 e. The van der Waals surface area contributed by atoms with E-state index in [2.05, 4.69) is 0 Å². The van der Waals surface area contributed by atoms with Crippen LogP contribution in [0.15, 0.2) is 0 Å². The van der Waals surface area contributed by atoms with Crippen molar-refractivity contribution >= 4 is 5.84 Å². The van der Waals surface area contributed by atoms with Crippen molar-refractivity contribution in [1.82, 2.24) is 0 Å². The molecule has 3 N–H and O–H groups in total. The van der Waals surface area contributed by atoms with Crippen LogP contribution in [-0.2, 0) is 4.74 Å². The van der Waals surface area contributed by atoms with Crippen molar-refractivity contribution in [3.63, 3.8) is 0 Å². The molecule has 1 saturated carbocycles. The molecule has 1 aliphatic rings. The highest BCUT2D eigenvalue weighted by atomic mass is 16.5. The molecule has 3 nitrogen and oxygen atoms in total. The molecule has 0 radical (unpaired) electrons. The Kier molecular flexibility index (Phi) is 2.88. The normalized spacial score (nSPS) is 19.7. The maximum absolute atomic E-state index is 7.17. The summed E-state index contributed by atoms with van der Waals surface area (Å²) in [6.45, 7) is 2.77. The average molecular weight is 156 g/mol. The minimum Gasteiger partial charge on any atom is -0.385 e. The smallest absolute Gasteiger partial charge is 0.120 e. The molecule has 1 atom stereocenters. The van der Waals surface area contributed by atoms with Crippen molar-refractivity contribution in [3.8, 4) is 0 Å². The number of amidine groups is 1. The van der Waals surface area contributed by atoms with Gasteiger partial charge in [0.15, 0.2) is 0 Å². The van der Waals surface area contributed by atoms with Crippen LogP contribution in [0.3, 0.4) is 0 Å². The molecular formula is C8H16N2O. The third-order valence-electron chi connectivity index (χ3n) is 1.95. The number of nitrogens with one attached hydrogen (secondary N) is 1. The fourth-order valence-corrected chi connectivity index (χ4v) is 0.964. The molecule has 0 spiro atoms. The third-order valence-corrected chi connectivity index (χ3v) is 1.95. The first kappa shape index (κ1) is 8.53. The second kappa shape index (κ2) is 3.72. The van der Waals surface area contributed by atoms with E-state index in [1.54, 1.807) is 0 Å². The third kappa shape index (κ3) is 2.89. The molecule has 0 aliphatic heterocycles. The van der Waals surface area contributed by atoms with Gasteiger partial charge in [-0.1, -0.05) is 6.92 Å². The summed E-state index contributed by atoms with van der Waals surface area (Å²) >= 11 is 0. The monoisotopic (exact) mass is 156 g/mol. The molecule has 0 bridgehead atoms. The molecular weight excluding hydrogens is 140 g/mol. The van der Waals surface area contributed by atoms with Crippen molar-refractivity contribution in [2.75, 3.05) is 6.61 Å². The number of rotatable bonds is 5. The lowest BCUT2D eigenvalue weighted by atomic mass is 10.2. The van der Waals surface area contributed by atoms with Gasteiger partial charge in [-0.3, -0.25) is 5.41 Å². The maximum atomic E-state index is 7.17. The van der Waals surface area contributed by atoms with Crippen LogP contribution in [0.1, 0.15) is 26.2 Å². The Bertz CT molecular complexity index is 143. The zero-order chi connectivity index (χ0) is 8.27. The predicted octanol–water partition coefficient (Wildman–Crippen LogP) is 1.13. The number of nitrogens with two attached hydrogens (primary N) is 1. The molecule has 0 saturated heterocycles. The molecule has 1 rings (SSSR count). The van der Waals surface area contributed by atoms with Gasteiger partial charge >= 0.3 is 0 Å². The van der Waals surface area contributed by atoms with Crippen LogP contribution in [-0.4, -0.2) is 18.5 Å². The molecule has 0 aromatic rings. The second-order valence-electron chi connectivity index (χ2n) is 3.13. The van der Waals surface area contributed by atoms with E-state index in [-0.39, 0.29) is 11.9 Å². The Labute approximate surface area is 67.4 Å². The average Bonchev–Trinajstić information content (AvgIpc) is 2.72. The fraction of sp³-hybridized carbons (Fsp3) is 0.875. The van der Waals surface area contributed by atoms with Gasteiger partial charge in [-0.15, -0.1) is 0 Å². The van der Waals surface area contributed by atoms with Crippen LogP contribution in [0.4, 0.5) is 0 Å². The molecule has 64 valence electrons. The van der Waals surface area contributed by atoms with Gasteiger partial charge in [-0.05, 0) is 25.2 Å². The van der Waals surface area contributed by atoms with Gasteiger partial charge in [-0.2, -0.15) is 0 Å². The summed E-state index contributed by atoms with van der Waals surface area (Å²) in [6.07, 6.45) is 3.24. The van der Waals surface area contributed by atoms with E-state index in [0.717, 1.165) is 18.9 Å². The molecule has 1 fully saturated rings. The Balaban J connectivity index is 2.13. The lowest BCUT2D eigenvalue weighted by molar-refractivity contribution is 0.0855. The largest absolute Gasteiger partial charge is 0.385 e. The molecule has 0 aromatic carbocycles. The van der Waals surface area contributed by atoms with Gasteiger partial charge in [0.25, 0.3) is 0 Å². The topological polar surface area (TPSA) is 59.1 Å². The fourth-order valence-electron chi connectivity index (χ4n) is 0.964.